The Labute approximate surface area is 151 Å². The number of amides is 2. The predicted molar refractivity (Wildman–Crippen MR) is 95.5 cm³/mol. The summed E-state index contributed by atoms with van der Waals surface area (Å²) < 4.78 is 1.86. The third-order valence-electron chi connectivity index (χ3n) is 4.51. The average Bonchev–Trinajstić information content (AvgIpc) is 3.04. The first-order valence-corrected chi connectivity index (χ1v) is 8.71. The van der Waals surface area contributed by atoms with Gasteiger partial charge in [-0.3, -0.25) is 4.79 Å². The van der Waals surface area contributed by atoms with Crippen molar-refractivity contribution >= 4 is 23.4 Å². The number of halogens is 1. The fraction of sp³-hybridized carbons (Fsp3) is 0.389. The van der Waals surface area contributed by atoms with E-state index in [-0.39, 0.29) is 17.7 Å². The maximum atomic E-state index is 12.7. The average molecular weight is 361 g/mol. The van der Waals surface area contributed by atoms with Crippen molar-refractivity contribution < 1.29 is 9.59 Å². The SMILES string of the molecule is Cn1ccnc1CNC(=O)N1CCCC(C(=O)c2cccc(Cl)c2)C1. The number of aromatic nitrogens is 2. The fourth-order valence-electron chi connectivity index (χ4n) is 3.09. The molecule has 1 aromatic heterocycles. The first-order valence-electron chi connectivity index (χ1n) is 8.33. The Morgan fingerprint density at radius 3 is 2.96 bits per heavy atom. The first-order chi connectivity index (χ1) is 12.0. The number of aryl methyl sites for hydroxylation is 1. The minimum Gasteiger partial charge on any atom is -0.337 e. The van der Waals surface area contributed by atoms with E-state index in [1.165, 1.54) is 0 Å². The van der Waals surface area contributed by atoms with Gasteiger partial charge < -0.3 is 14.8 Å². The highest BCUT2D eigenvalue weighted by Crippen LogP contribution is 2.22. The number of nitrogens with zero attached hydrogens (tertiary/aromatic N) is 3. The van der Waals surface area contributed by atoms with E-state index in [4.69, 9.17) is 11.6 Å². The minimum absolute atomic E-state index is 0.0455. The lowest BCUT2D eigenvalue weighted by Gasteiger charge is -2.32. The largest absolute Gasteiger partial charge is 0.337 e. The van der Waals surface area contributed by atoms with E-state index >= 15 is 0 Å². The number of likely N-dealkylation sites (tertiary alicyclic amines) is 1. The third-order valence-corrected chi connectivity index (χ3v) is 4.74. The fourth-order valence-corrected chi connectivity index (χ4v) is 3.28. The van der Waals surface area contributed by atoms with Crippen molar-refractivity contribution in [2.45, 2.75) is 19.4 Å². The zero-order valence-corrected chi connectivity index (χ0v) is 14.9. The van der Waals surface area contributed by atoms with E-state index in [1.807, 2.05) is 17.8 Å². The van der Waals surface area contributed by atoms with Crippen molar-refractivity contribution in [3.63, 3.8) is 0 Å². The number of ketones is 1. The second-order valence-electron chi connectivity index (χ2n) is 6.27. The van der Waals surface area contributed by atoms with E-state index in [2.05, 4.69) is 10.3 Å². The lowest BCUT2D eigenvalue weighted by atomic mass is 9.90. The van der Waals surface area contributed by atoms with Crippen molar-refractivity contribution in [3.05, 3.63) is 53.1 Å². The van der Waals surface area contributed by atoms with Gasteiger partial charge in [0.15, 0.2) is 5.78 Å². The van der Waals surface area contributed by atoms with Crippen molar-refractivity contribution in [2.75, 3.05) is 13.1 Å². The highest BCUT2D eigenvalue weighted by atomic mass is 35.5. The van der Waals surface area contributed by atoms with E-state index in [9.17, 15) is 9.59 Å². The molecule has 1 aromatic carbocycles. The molecule has 6 nitrogen and oxygen atoms in total. The molecule has 1 aliphatic rings. The van der Waals surface area contributed by atoms with Gasteiger partial charge >= 0.3 is 6.03 Å². The number of carbonyl (C=O) groups excluding carboxylic acids is 2. The molecule has 1 atom stereocenters. The normalized spacial score (nSPS) is 17.4. The van der Waals surface area contributed by atoms with Gasteiger partial charge in [0.05, 0.1) is 6.54 Å². The van der Waals surface area contributed by atoms with Gasteiger partial charge in [-0.2, -0.15) is 0 Å². The first kappa shape index (κ1) is 17.5. The number of rotatable bonds is 4. The second-order valence-corrected chi connectivity index (χ2v) is 6.71. The van der Waals surface area contributed by atoms with E-state index < -0.39 is 0 Å². The Morgan fingerprint density at radius 1 is 1.40 bits per heavy atom. The molecule has 0 aliphatic carbocycles. The maximum absolute atomic E-state index is 12.7. The lowest BCUT2D eigenvalue weighted by molar-refractivity contribution is 0.0845. The van der Waals surface area contributed by atoms with Crippen LogP contribution in [0.2, 0.25) is 5.02 Å². The molecule has 1 unspecified atom stereocenters. The topological polar surface area (TPSA) is 67.2 Å². The minimum atomic E-state index is -0.189. The van der Waals surface area contributed by atoms with Crippen LogP contribution in [0.1, 0.15) is 29.0 Å². The highest BCUT2D eigenvalue weighted by molar-refractivity contribution is 6.31. The zero-order chi connectivity index (χ0) is 17.8. The number of hydrogen-bond donors (Lipinski definition) is 1. The van der Waals surface area contributed by atoms with Crippen LogP contribution in [-0.4, -0.2) is 39.4 Å². The Bertz CT molecular complexity index is 774. The van der Waals surface area contributed by atoms with Gasteiger partial charge in [-0.15, -0.1) is 0 Å². The molecule has 0 saturated carbocycles. The van der Waals surface area contributed by atoms with Crippen molar-refractivity contribution in [1.29, 1.82) is 0 Å². The van der Waals surface area contributed by atoms with Gasteiger partial charge in [0.1, 0.15) is 5.82 Å². The molecular weight excluding hydrogens is 340 g/mol. The molecule has 1 aliphatic heterocycles. The Morgan fingerprint density at radius 2 is 2.24 bits per heavy atom. The molecule has 25 heavy (non-hydrogen) atoms. The van der Waals surface area contributed by atoms with Crippen LogP contribution in [0.3, 0.4) is 0 Å². The number of carbonyl (C=O) groups is 2. The van der Waals surface area contributed by atoms with Crippen LogP contribution in [0.5, 0.6) is 0 Å². The highest BCUT2D eigenvalue weighted by Gasteiger charge is 2.29. The Kier molecular flexibility index (Phi) is 5.38. The van der Waals surface area contributed by atoms with Crippen LogP contribution < -0.4 is 5.32 Å². The molecule has 2 aromatic rings. The summed E-state index contributed by atoms with van der Waals surface area (Å²) in [6.07, 6.45) is 5.13. The molecule has 1 N–H and O–H groups in total. The number of hydrogen-bond acceptors (Lipinski definition) is 3. The molecule has 3 rings (SSSR count). The predicted octanol–water partition coefficient (Wildman–Crippen LogP) is 2.88. The molecule has 0 radical (unpaired) electrons. The molecular formula is C18H21ClN4O2. The number of Topliss-reactive ketones (excluding diaryl/α,β-unsaturated/α-hetero) is 1. The van der Waals surface area contributed by atoms with Crippen LogP contribution in [0.4, 0.5) is 4.79 Å². The molecule has 1 fully saturated rings. The van der Waals surface area contributed by atoms with Crippen LogP contribution in [0.15, 0.2) is 36.7 Å². The number of imidazole rings is 1. The summed E-state index contributed by atoms with van der Waals surface area (Å²) in [6, 6.07) is 6.82. The summed E-state index contributed by atoms with van der Waals surface area (Å²) >= 11 is 5.98. The van der Waals surface area contributed by atoms with Crippen LogP contribution in [-0.2, 0) is 13.6 Å². The number of urea groups is 1. The Hall–Kier alpha value is -2.34. The van der Waals surface area contributed by atoms with E-state index in [0.29, 0.717) is 30.2 Å². The molecule has 0 bridgehead atoms. The molecule has 0 spiro atoms. The number of benzene rings is 1. The summed E-state index contributed by atoms with van der Waals surface area (Å²) in [5.74, 6) is 0.646. The van der Waals surface area contributed by atoms with Gasteiger partial charge in [-0.1, -0.05) is 23.7 Å². The van der Waals surface area contributed by atoms with Crippen molar-refractivity contribution in [2.24, 2.45) is 13.0 Å². The van der Waals surface area contributed by atoms with E-state index in [0.717, 1.165) is 18.7 Å². The molecule has 2 heterocycles. The Balaban J connectivity index is 1.59. The zero-order valence-electron chi connectivity index (χ0n) is 14.1. The van der Waals surface area contributed by atoms with Gasteiger partial charge in [-0.25, -0.2) is 9.78 Å². The van der Waals surface area contributed by atoms with Crippen LogP contribution in [0.25, 0.3) is 0 Å². The lowest BCUT2D eigenvalue weighted by Crippen LogP contribution is -2.47. The monoisotopic (exact) mass is 360 g/mol. The van der Waals surface area contributed by atoms with Crippen molar-refractivity contribution in [1.82, 2.24) is 19.8 Å². The third kappa shape index (κ3) is 4.20. The van der Waals surface area contributed by atoms with Gasteiger partial charge in [-0.05, 0) is 25.0 Å². The molecule has 2 amide bonds. The smallest absolute Gasteiger partial charge is 0.317 e. The summed E-state index contributed by atoms with van der Waals surface area (Å²) in [6.45, 7) is 1.45. The molecule has 1 saturated heterocycles. The summed E-state index contributed by atoms with van der Waals surface area (Å²) in [4.78, 5) is 31.0. The van der Waals surface area contributed by atoms with E-state index in [1.54, 1.807) is 35.4 Å². The molecule has 132 valence electrons. The molecule has 7 heteroatoms. The summed E-state index contributed by atoms with van der Waals surface area (Å²) in [7, 11) is 1.88. The van der Waals surface area contributed by atoms with Gasteiger partial charge in [0.2, 0.25) is 0 Å². The quantitative estimate of drug-likeness (QED) is 0.852. The second kappa shape index (κ2) is 7.70. The number of piperidine rings is 1. The number of nitrogens with one attached hydrogen (secondary N) is 1. The maximum Gasteiger partial charge on any atom is 0.317 e. The summed E-state index contributed by atoms with van der Waals surface area (Å²) in [5.41, 5.74) is 0.604. The van der Waals surface area contributed by atoms with Crippen LogP contribution in [0, 0.1) is 5.92 Å². The standard InChI is InChI=1S/C18H21ClN4O2/c1-22-9-7-20-16(22)11-21-18(25)23-8-3-5-14(12-23)17(24)13-4-2-6-15(19)10-13/h2,4,6-7,9-10,14H,3,5,8,11-12H2,1H3,(H,21,25). The van der Waals surface area contributed by atoms with Gasteiger partial charge in [0.25, 0.3) is 0 Å². The summed E-state index contributed by atoms with van der Waals surface area (Å²) in [5, 5.41) is 3.42. The van der Waals surface area contributed by atoms with Crippen molar-refractivity contribution in [3.8, 4) is 0 Å². The van der Waals surface area contributed by atoms with Crippen LogP contribution >= 0.6 is 11.6 Å². The van der Waals surface area contributed by atoms with Gasteiger partial charge in [0, 0.05) is 49.0 Å².